The molecule has 0 aromatic heterocycles. The molecule has 0 fully saturated rings. The van der Waals surface area contributed by atoms with Gasteiger partial charge in [-0.15, -0.1) is 0 Å². The third-order valence-electron chi connectivity index (χ3n) is 6.44. The van der Waals surface area contributed by atoms with Crippen LogP contribution in [-0.2, 0) is 23.2 Å². The van der Waals surface area contributed by atoms with Gasteiger partial charge in [0.05, 0.1) is 20.3 Å². The molecule has 2 heterocycles. The molecule has 1 aliphatic carbocycles. The maximum atomic E-state index is 6.36. The first-order chi connectivity index (χ1) is 13.6. The van der Waals surface area contributed by atoms with Gasteiger partial charge in [-0.05, 0) is 48.4 Å². The number of ether oxygens (including phenoxy) is 5. The van der Waals surface area contributed by atoms with Crippen molar-refractivity contribution in [3.05, 3.63) is 46.5 Å². The second kappa shape index (κ2) is 6.29. The molecule has 0 radical (unpaired) electrons. The Morgan fingerprint density at radius 1 is 1.04 bits per heavy atom. The topological polar surface area (TPSA) is 49.4 Å². The zero-order valence-electron chi connectivity index (χ0n) is 16.7. The first kappa shape index (κ1) is 17.6. The lowest BCUT2D eigenvalue weighted by atomic mass is 9.83. The molecule has 0 spiro atoms. The van der Waals surface area contributed by atoms with Crippen LogP contribution in [0, 0.1) is 0 Å². The summed E-state index contributed by atoms with van der Waals surface area (Å²) >= 11 is 0. The summed E-state index contributed by atoms with van der Waals surface area (Å²) in [5, 5.41) is 0. The summed E-state index contributed by atoms with van der Waals surface area (Å²) in [6.45, 7) is 1.17. The number of benzene rings is 2. The van der Waals surface area contributed by atoms with Gasteiger partial charge in [-0.3, -0.25) is 4.90 Å². The second-order valence-corrected chi connectivity index (χ2v) is 7.64. The van der Waals surface area contributed by atoms with Gasteiger partial charge in [-0.2, -0.15) is 0 Å². The monoisotopic (exact) mass is 383 g/mol. The Hall–Kier alpha value is -2.44. The average Bonchev–Trinajstić information content (AvgIpc) is 3.30. The van der Waals surface area contributed by atoms with Crippen LogP contribution in [0.1, 0.15) is 28.3 Å². The van der Waals surface area contributed by atoms with Crippen molar-refractivity contribution in [3.63, 3.8) is 0 Å². The molecule has 0 N–H and O–H groups in total. The Labute approximate surface area is 164 Å². The van der Waals surface area contributed by atoms with E-state index >= 15 is 0 Å². The molecular weight excluding hydrogens is 358 g/mol. The average molecular weight is 383 g/mol. The molecule has 3 aliphatic rings. The van der Waals surface area contributed by atoms with E-state index in [0.717, 1.165) is 47.9 Å². The van der Waals surface area contributed by atoms with Crippen LogP contribution in [0.3, 0.4) is 0 Å². The Kier molecular flexibility index (Phi) is 3.96. The van der Waals surface area contributed by atoms with Crippen molar-refractivity contribution >= 4 is 0 Å². The summed E-state index contributed by atoms with van der Waals surface area (Å²) in [6.07, 6.45) is 1.68. The summed E-state index contributed by atoms with van der Waals surface area (Å²) < 4.78 is 29.1. The normalized spacial score (nSPS) is 24.9. The zero-order chi connectivity index (χ0) is 19.5. The van der Waals surface area contributed by atoms with Crippen LogP contribution in [-0.4, -0.2) is 46.6 Å². The molecule has 6 nitrogen and oxygen atoms in total. The van der Waals surface area contributed by atoms with E-state index in [-0.39, 0.29) is 12.8 Å². The number of nitrogens with zero attached hydrogens (tertiary/aromatic N) is 1. The fraction of sp³-hybridized carbons (Fsp3) is 0.455. The van der Waals surface area contributed by atoms with Gasteiger partial charge in [0.25, 0.3) is 0 Å². The van der Waals surface area contributed by atoms with E-state index in [0.29, 0.717) is 0 Å². The molecule has 6 heteroatoms. The number of fused-ring (bicyclic) bond motifs is 7. The van der Waals surface area contributed by atoms with Gasteiger partial charge in [0.1, 0.15) is 5.60 Å². The molecule has 5 rings (SSSR count). The molecule has 2 aromatic carbocycles. The van der Waals surface area contributed by atoms with Gasteiger partial charge >= 0.3 is 0 Å². The molecule has 2 aliphatic heterocycles. The van der Waals surface area contributed by atoms with Crippen LogP contribution < -0.4 is 18.9 Å². The molecule has 2 aromatic rings. The quantitative estimate of drug-likeness (QED) is 0.812. The first-order valence-electron chi connectivity index (χ1n) is 9.55. The highest BCUT2D eigenvalue weighted by molar-refractivity contribution is 5.61. The second-order valence-electron chi connectivity index (χ2n) is 7.64. The Balaban J connectivity index is 1.76. The molecule has 148 valence electrons. The minimum atomic E-state index is -0.524. The van der Waals surface area contributed by atoms with Crippen LogP contribution in [0.4, 0.5) is 0 Å². The maximum Gasteiger partial charge on any atom is 0.231 e. The third-order valence-corrected chi connectivity index (χ3v) is 6.44. The van der Waals surface area contributed by atoms with Crippen LogP contribution in [0.15, 0.2) is 24.3 Å². The predicted molar refractivity (Wildman–Crippen MR) is 104 cm³/mol. The van der Waals surface area contributed by atoms with Crippen molar-refractivity contribution in [3.8, 4) is 23.0 Å². The fourth-order valence-corrected chi connectivity index (χ4v) is 5.16. The van der Waals surface area contributed by atoms with Crippen molar-refractivity contribution in [2.75, 3.05) is 41.7 Å². The first-order valence-corrected chi connectivity index (χ1v) is 9.55. The SMILES string of the molecule is COc1cc2c(cc1OC)C1(OC)Cc3ccc4c(c3C1N(C)CC2)OCO4. The highest BCUT2D eigenvalue weighted by Gasteiger charge is 2.54. The predicted octanol–water partition coefficient (Wildman–Crippen LogP) is 3.06. The Morgan fingerprint density at radius 3 is 2.57 bits per heavy atom. The maximum absolute atomic E-state index is 6.36. The van der Waals surface area contributed by atoms with E-state index in [9.17, 15) is 0 Å². The van der Waals surface area contributed by atoms with E-state index in [1.807, 2.05) is 6.07 Å². The summed E-state index contributed by atoms with van der Waals surface area (Å²) in [6, 6.07) is 8.37. The number of rotatable bonds is 3. The standard InChI is InChI=1S/C22H25NO5/c1-23-8-7-13-9-17(24-2)18(25-3)10-15(13)22(26-4)11-14-5-6-16-20(28-12-27-16)19(14)21(22)23/h5-6,9-10,21H,7-8,11-12H2,1-4H3. The van der Waals surface area contributed by atoms with Gasteiger partial charge < -0.3 is 23.7 Å². The smallest absolute Gasteiger partial charge is 0.231 e. The van der Waals surface area contributed by atoms with Crippen LogP contribution in [0.25, 0.3) is 0 Å². The van der Waals surface area contributed by atoms with Crippen molar-refractivity contribution in [2.24, 2.45) is 0 Å². The van der Waals surface area contributed by atoms with Gasteiger partial charge in [0.2, 0.25) is 6.79 Å². The number of hydrogen-bond acceptors (Lipinski definition) is 6. The lowest BCUT2D eigenvalue weighted by Gasteiger charge is -2.39. The summed E-state index contributed by atoms with van der Waals surface area (Å²) in [5.74, 6) is 3.15. The van der Waals surface area contributed by atoms with Crippen molar-refractivity contribution < 1.29 is 23.7 Å². The lowest BCUT2D eigenvalue weighted by Crippen LogP contribution is -2.40. The Morgan fingerprint density at radius 2 is 1.82 bits per heavy atom. The molecule has 0 saturated carbocycles. The highest BCUT2D eigenvalue weighted by Crippen LogP contribution is 2.58. The number of methoxy groups -OCH3 is 3. The fourth-order valence-electron chi connectivity index (χ4n) is 5.16. The van der Waals surface area contributed by atoms with E-state index < -0.39 is 5.60 Å². The van der Waals surface area contributed by atoms with E-state index in [1.54, 1.807) is 21.3 Å². The number of likely N-dealkylation sites (N-methyl/N-ethyl adjacent to an activating group) is 1. The van der Waals surface area contributed by atoms with E-state index in [2.05, 4.69) is 30.1 Å². The molecule has 0 bridgehead atoms. The molecule has 0 saturated heterocycles. The summed E-state index contributed by atoms with van der Waals surface area (Å²) in [7, 11) is 7.30. The van der Waals surface area contributed by atoms with Crippen LogP contribution in [0.5, 0.6) is 23.0 Å². The molecular formula is C22H25NO5. The molecule has 28 heavy (non-hydrogen) atoms. The number of hydrogen-bond donors (Lipinski definition) is 0. The van der Waals surface area contributed by atoms with Crippen molar-refractivity contribution in [1.29, 1.82) is 0 Å². The van der Waals surface area contributed by atoms with E-state index in [1.165, 1.54) is 16.7 Å². The molecule has 0 amide bonds. The van der Waals surface area contributed by atoms with E-state index in [4.69, 9.17) is 23.7 Å². The largest absolute Gasteiger partial charge is 0.493 e. The van der Waals surface area contributed by atoms with Gasteiger partial charge in [0, 0.05) is 25.6 Å². The minimum Gasteiger partial charge on any atom is -0.493 e. The third kappa shape index (κ3) is 2.22. The van der Waals surface area contributed by atoms with Gasteiger partial charge in [-0.1, -0.05) is 6.07 Å². The Bertz CT molecular complexity index is 943. The van der Waals surface area contributed by atoms with Crippen molar-refractivity contribution in [2.45, 2.75) is 24.5 Å². The lowest BCUT2D eigenvalue weighted by molar-refractivity contribution is -0.0675. The minimum absolute atomic E-state index is 0.0310. The molecule has 2 unspecified atom stereocenters. The van der Waals surface area contributed by atoms with Crippen LogP contribution >= 0.6 is 0 Å². The van der Waals surface area contributed by atoms with Crippen LogP contribution in [0.2, 0.25) is 0 Å². The van der Waals surface area contributed by atoms with Crippen molar-refractivity contribution in [1.82, 2.24) is 4.90 Å². The van der Waals surface area contributed by atoms with Gasteiger partial charge in [-0.25, -0.2) is 0 Å². The summed E-state index contributed by atoms with van der Waals surface area (Å²) in [5.41, 5.74) is 4.29. The molecule has 2 atom stereocenters. The summed E-state index contributed by atoms with van der Waals surface area (Å²) in [4.78, 5) is 2.37. The van der Waals surface area contributed by atoms with Gasteiger partial charge in [0.15, 0.2) is 23.0 Å². The highest BCUT2D eigenvalue weighted by atomic mass is 16.7. The zero-order valence-corrected chi connectivity index (χ0v) is 16.7.